The maximum Gasteiger partial charge on any atom is 0.257 e. The van der Waals surface area contributed by atoms with Crippen LogP contribution in [0.5, 0.6) is 5.75 Å². The summed E-state index contributed by atoms with van der Waals surface area (Å²) in [5, 5.41) is 0. The number of benzene rings is 1. The number of nitrogens with zero attached hydrogens (tertiary/aromatic N) is 1. The van der Waals surface area contributed by atoms with Crippen molar-refractivity contribution in [1.82, 2.24) is 4.90 Å². The number of rotatable bonds is 7. The summed E-state index contributed by atoms with van der Waals surface area (Å²) >= 11 is 0. The van der Waals surface area contributed by atoms with Crippen molar-refractivity contribution in [3.05, 3.63) is 23.8 Å². The molecule has 1 aromatic rings. The van der Waals surface area contributed by atoms with Crippen molar-refractivity contribution in [3.63, 3.8) is 0 Å². The van der Waals surface area contributed by atoms with Crippen LogP contribution in [0.15, 0.2) is 18.2 Å². The van der Waals surface area contributed by atoms with E-state index in [2.05, 4.69) is 0 Å². The van der Waals surface area contributed by atoms with Gasteiger partial charge in [0.25, 0.3) is 5.91 Å². The van der Waals surface area contributed by atoms with Gasteiger partial charge >= 0.3 is 0 Å². The lowest BCUT2D eigenvalue weighted by Crippen LogP contribution is -2.34. The fourth-order valence-electron chi connectivity index (χ4n) is 1.79. The van der Waals surface area contributed by atoms with E-state index in [0.29, 0.717) is 43.3 Å². The minimum atomic E-state index is -0.0913. The van der Waals surface area contributed by atoms with Gasteiger partial charge in [-0.3, -0.25) is 4.79 Å². The largest absolute Gasteiger partial charge is 0.496 e. The van der Waals surface area contributed by atoms with Crippen LogP contribution in [0.4, 0.5) is 5.69 Å². The SMILES string of the molecule is CCOCCN(CC)C(=O)c1cc(N)ccc1OC. The van der Waals surface area contributed by atoms with E-state index in [1.54, 1.807) is 30.2 Å². The summed E-state index contributed by atoms with van der Waals surface area (Å²) in [6.07, 6.45) is 0. The van der Waals surface area contributed by atoms with Crippen LogP contribution < -0.4 is 10.5 Å². The molecule has 0 aliphatic rings. The van der Waals surface area contributed by atoms with Crippen molar-refractivity contribution in [1.29, 1.82) is 0 Å². The van der Waals surface area contributed by atoms with E-state index >= 15 is 0 Å². The molecule has 0 fully saturated rings. The molecule has 1 rings (SSSR count). The van der Waals surface area contributed by atoms with E-state index in [9.17, 15) is 4.79 Å². The fraction of sp³-hybridized carbons (Fsp3) is 0.500. The molecule has 0 aromatic heterocycles. The molecule has 0 radical (unpaired) electrons. The third kappa shape index (κ3) is 4.13. The summed E-state index contributed by atoms with van der Waals surface area (Å²) in [5.41, 5.74) is 6.77. The van der Waals surface area contributed by atoms with Crippen LogP contribution in [0, 0.1) is 0 Å². The average molecular weight is 266 g/mol. The number of hydrogen-bond acceptors (Lipinski definition) is 4. The van der Waals surface area contributed by atoms with Crippen molar-refractivity contribution < 1.29 is 14.3 Å². The normalized spacial score (nSPS) is 10.3. The Labute approximate surface area is 114 Å². The minimum absolute atomic E-state index is 0.0913. The molecule has 0 unspecified atom stereocenters. The monoisotopic (exact) mass is 266 g/mol. The van der Waals surface area contributed by atoms with Gasteiger partial charge in [0.1, 0.15) is 5.75 Å². The number of hydrogen-bond donors (Lipinski definition) is 1. The molecule has 0 heterocycles. The number of methoxy groups -OCH3 is 1. The Bertz CT molecular complexity index is 421. The van der Waals surface area contributed by atoms with Crippen LogP contribution in [0.2, 0.25) is 0 Å². The zero-order valence-corrected chi connectivity index (χ0v) is 11.8. The maximum atomic E-state index is 12.4. The van der Waals surface area contributed by atoms with E-state index in [1.165, 1.54) is 0 Å². The van der Waals surface area contributed by atoms with Crippen LogP contribution in [-0.4, -0.2) is 44.2 Å². The summed E-state index contributed by atoms with van der Waals surface area (Å²) in [6.45, 7) is 6.21. The van der Waals surface area contributed by atoms with Gasteiger partial charge in [0, 0.05) is 25.4 Å². The second-order valence-corrected chi connectivity index (χ2v) is 4.04. The molecular weight excluding hydrogens is 244 g/mol. The lowest BCUT2D eigenvalue weighted by molar-refractivity contribution is 0.0666. The Morgan fingerprint density at radius 2 is 2.11 bits per heavy atom. The fourth-order valence-corrected chi connectivity index (χ4v) is 1.79. The summed E-state index contributed by atoms with van der Waals surface area (Å²) in [5.74, 6) is 0.445. The maximum absolute atomic E-state index is 12.4. The lowest BCUT2D eigenvalue weighted by Gasteiger charge is -2.22. The van der Waals surface area contributed by atoms with Gasteiger partial charge in [0.15, 0.2) is 0 Å². The van der Waals surface area contributed by atoms with Gasteiger partial charge in [0.2, 0.25) is 0 Å². The van der Waals surface area contributed by atoms with Crippen molar-refractivity contribution in [2.45, 2.75) is 13.8 Å². The number of amides is 1. The number of nitrogens with two attached hydrogens (primary N) is 1. The molecule has 0 saturated heterocycles. The van der Waals surface area contributed by atoms with Gasteiger partial charge in [-0.05, 0) is 32.0 Å². The molecule has 0 atom stereocenters. The third-order valence-electron chi connectivity index (χ3n) is 2.83. The Balaban J connectivity index is 2.87. The molecule has 5 heteroatoms. The van der Waals surface area contributed by atoms with E-state index in [0.717, 1.165) is 0 Å². The predicted molar refractivity (Wildman–Crippen MR) is 75.5 cm³/mol. The molecular formula is C14H22N2O3. The molecule has 0 aliphatic carbocycles. The molecule has 19 heavy (non-hydrogen) atoms. The van der Waals surface area contributed by atoms with E-state index in [-0.39, 0.29) is 5.91 Å². The van der Waals surface area contributed by atoms with Crippen LogP contribution >= 0.6 is 0 Å². The highest BCUT2D eigenvalue weighted by Crippen LogP contribution is 2.22. The minimum Gasteiger partial charge on any atom is -0.496 e. The Morgan fingerprint density at radius 3 is 2.68 bits per heavy atom. The number of anilines is 1. The topological polar surface area (TPSA) is 64.8 Å². The molecule has 106 valence electrons. The van der Waals surface area contributed by atoms with Crippen LogP contribution in [0.25, 0.3) is 0 Å². The Morgan fingerprint density at radius 1 is 1.37 bits per heavy atom. The van der Waals surface area contributed by atoms with Crippen LogP contribution in [0.3, 0.4) is 0 Å². The van der Waals surface area contributed by atoms with Gasteiger partial charge in [-0.15, -0.1) is 0 Å². The first-order valence-corrected chi connectivity index (χ1v) is 6.44. The number of nitrogen functional groups attached to an aromatic ring is 1. The summed E-state index contributed by atoms with van der Waals surface area (Å²) in [7, 11) is 1.54. The smallest absolute Gasteiger partial charge is 0.257 e. The summed E-state index contributed by atoms with van der Waals surface area (Å²) < 4.78 is 10.5. The molecule has 1 amide bonds. The van der Waals surface area contributed by atoms with E-state index < -0.39 is 0 Å². The first-order valence-electron chi connectivity index (χ1n) is 6.44. The van der Waals surface area contributed by atoms with Crippen molar-refractivity contribution in [2.75, 3.05) is 39.1 Å². The van der Waals surface area contributed by atoms with Crippen molar-refractivity contribution in [2.24, 2.45) is 0 Å². The average Bonchev–Trinajstić information content (AvgIpc) is 2.43. The van der Waals surface area contributed by atoms with E-state index in [4.69, 9.17) is 15.2 Å². The van der Waals surface area contributed by atoms with Gasteiger partial charge in [-0.25, -0.2) is 0 Å². The van der Waals surface area contributed by atoms with Gasteiger partial charge < -0.3 is 20.1 Å². The van der Waals surface area contributed by atoms with E-state index in [1.807, 2.05) is 13.8 Å². The molecule has 5 nitrogen and oxygen atoms in total. The second-order valence-electron chi connectivity index (χ2n) is 4.04. The van der Waals surface area contributed by atoms with Gasteiger partial charge in [-0.2, -0.15) is 0 Å². The third-order valence-corrected chi connectivity index (χ3v) is 2.83. The zero-order valence-electron chi connectivity index (χ0n) is 11.8. The number of carbonyl (C=O) groups is 1. The van der Waals surface area contributed by atoms with Crippen LogP contribution in [0.1, 0.15) is 24.2 Å². The lowest BCUT2D eigenvalue weighted by atomic mass is 10.1. The van der Waals surface area contributed by atoms with Crippen molar-refractivity contribution >= 4 is 11.6 Å². The zero-order chi connectivity index (χ0) is 14.3. The number of ether oxygens (including phenoxy) is 2. The van der Waals surface area contributed by atoms with Crippen molar-refractivity contribution in [3.8, 4) is 5.75 Å². The van der Waals surface area contributed by atoms with Gasteiger partial charge in [0.05, 0.1) is 19.3 Å². The molecule has 0 bridgehead atoms. The Hall–Kier alpha value is -1.75. The van der Waals surface area contributed by atoms with Gasteiger partial charge in [-0.1, -0.05) is 0 Å². The Kier molecular flexibility index (Phi) is 6.15. The predicted octanol–water partition coefficient (Wildman–Crippen LogP) is 1.78. The van der Waals surface area contributed by atoms with Crippen LogP contribution in [-0.2, 0) is 4.74 Å². The standard InChI is InChI=1S/C14H22N2O3/c1-4-16(8-9-19-5-2)14(17)12-10-11(15)6-7-13(12)18-3/h6-7,10H,4-5,8-9,15H2,1-3H3. The molecule has 0 aliphatic heterocycles. The molecule has 0 saturated carbocycles. The number of likely N-dealkylation sites (N-methyl/N-ethyl adjacent to an activating group) is 1. The second kappa shape index (κ2) is 7.63. The highest BCUT2D eigenvalue weighted by atomic mass is 16.5. The highest BCUT2D eigenvalue weighted by Gasteiger charge is 2.18. The first kappa shape index (κ1) is 15.3. The molecule has 0 spiro atoms. The summed E-state index contributed by atoms with van der Waals surface area (Å²) in [6, 6.07) is 5.07. The summed E-state index contributed by atoms with van der Waals surface area (Å²) in [4.78, 5) is 14.2. The molecule has 2 N–H and O–H groups in total. The first-order chi connectivity index (χ1) is 9.13. The highest BCUT2D eigenvalue weighted by molar-refractivity contribution is 5.97. The number of carbonyl (C=O) groups excluding carboxylic acids is 1. The molecule has 1 aromatic carbocycles. The quantitative estimate of drug-likeness (QED) is 0.603.